The van der Waals surface area contributed by atoms with Crippen LogP contribution in [0.25, 0.3) is 0 Å². The summed E-state index contributed by atoms with van der Waals surface area (Å²) in [6, 6.07) is 0. The van der Waals surface area contributed by atoms with E-state index >= 15 is 0 Å². The van der Waals surface area contributed by atoms with E-state index in [4.69, 9.17) is 14.2 Å². The first kappa shape index (κ1) is 11.7. The fraction of sp³-hybridized carbons (Fsp3) is 0.833. The lowest BCUT2D eigenvalue weighted by atomic mass is 9.96. The van der Waals surface area contributed by atoms with Crippen LogP contribution in [0.3, 0.4) is 0 Å². The van der Waals surface area contributed by atoms with Gasteiger partial charge in [0.05, 0.1) is 19.8 Å². The van der Waals surface area contributed by atoms with Crippen molar-refractivity contribution in [1.29, 1.82) is 0 Å². The summed E-state index contributed by atoms with van der Waals surface area (Å²) >= 11 is 0. The molecule has 2 aliphatic rings. The minimum absolute atomic E-state index is 0.0301. The predicted molar refractivity (Wildman–Crippen MR) is 60.8 cm³/mol. The molecule has 0 N–H and O–H groups in total. The molecule has 2 rings (SSSR count). The summed E-state index contributed by atoms with van der Waals surface area (Å²) in [5, 5.41) is 0. The van der Waals surface area contributed by atoms with Gasteiger partial charge in [0.25, 0.3) is 0 Å². The molecule has 2 aliphatic heterocycles. The van der Waals surface area contributed by atoms with E-state index in [2.05, 4.69) is 11.5 Å². The number of ether oxygens (including phenoxy) is 3. The highest BCUT2D eigenvalue weighted by atomic mass is 16.7. The van der Waals surface area contributed by atoms with Gasteiger partial charge in [0.1, 0.15) is 0 Å². The lowest BCUT2D eigenvalue weighted by molar-refractivity contribution is -0.0981. The van der Waals surface area contributed by atoms with Crippen LogP contribution in [0.15, 0.2) is 12.5 Å². The number of hydrogen-bond donors (Lipinski definition) is 0. The molecule has 0 radical (unpaired) electrons. The van der Waals surface area contributed by atoms with E-state index in [0.717, 1.165) is 45.0 Å². The molecule has 0 saturated carbocycles. The van der Waals surface area contributed by atoms with Crippen LogP contribution >= 0.6 is 0 Å². The molecule has 4 nitrogen and oxygen atoms in total. The van der Waals surface area contributed by atoms with Gasteiger partial charge in [-0.3, -0.25) is 0 Å². The Hall–Kier alpha value is -0.740. The van der Waals surface area contributed by atoms with Crippen molar-refractivity contribution in [2.45, 2.75) is 26.1 Å². The molecular formula is C12H21NO3. The fourth-order valence-electron chi connectivity index (χ4n) is 2.33. The highest BCUT2D eigenvalue weighted by Crippen LogP contribution is 2.27. The standard InChI is InChI=1S/C12H21NO3/c1-3-14-10(2)13-6-4-11(5-7-13)12-15-8-9-16-12/h11-12H,2-9H2,1H3. The lowest BCUT2D eigenvalue weighted by Crippen LogP contribution is -2.38. The quantitative estimate of drug-likeness (QED) is 0.682. The second-order valence-electron chi connectivity index (χ2n) is 4.26. The maximum Gasteiger partial charge on any atom is 0.181 e. The third kappa shape index (κ3) is 2.68. The summed E-state index contributed by atoms with van der Waals surface area (Å²) in [5.74, 6) is 1.34. The average molecular weight is 227 g/mol. The molecule has 4 heteroatoms. The first-order chi connectivity index (χ1) is 7.81. The smallest absolute Gasteiger partial charge is 0.181 e. The van der Waals surface area contributed by atoms with Crippen LogP contribution in [0.1, 0.15) is 19.8 Å². The van der Waals surface area contributed by atoms with Gasteiger partial charge in [-0.15, -0.1) is 0 Å². The van der Waals surface area contributed by atoms with E-state index in [1.165, 1.54) is 0 Å². The zero-order chi connectivity index (χ0) is 11.4. The second kappa shape index (κ2) is 5.55. The molecule has 0 bridgehead atoms. The molecule has 0 aromatic carbocycles. The van der Waals surface area contributed by atoms with Crippen molar-refractivity contribution in [3.63, 3.8) is 0 Å². The SMILES string of the molecule is C=C(OCC)N1CCC(C2OCCO2)CC1. The van der Waals surface area contributed by atoms with Crippen molar-refractivity contribution in [3.8, 4) is 0 Å². The molecule has 0 aromatic rings. The zero-order valence-electron chi connectivity index (χ0n) is 9.98. The molecule has 0 aromatic heterocycles. The Morgan fingerprint density at radius 1 is 1.31 bits per heavy atom. The normalized spacial score (nSPS) is 23.7. The van der Waals surface area contributed by atoms with Crippen LogP contribution in [-0.4, -0.2) is 44.1 Å². The molecule has 0 atom stereocenters. The monoisotopic (exact) mass is 227 g/mol. The topological polar surface area (TPSA) is 30.9 Å². The molecule has 16 heavy (non-hydrogen) atoms. The van der Waals surface area contributed by atoms with Gasteiger partial charge in [-0.05, 0) is 26.3 Å². The van der Waals surface area contributed by atoms with Crippen LogP contribution < -0.4 is 0 Å². The van der Waals surface area contributed by atoms with Crippen LogP contribution in [-0.2, 0) is 14.2 Å². The van der Waals surface area contributed by atoms with E-state index < -0.39 is 0 Å². The Morgan fingerprint density at radius 3 is 2.50 bits per heavy atom. The molecular weight excluding hydrogens is 206 g/mol. The van der Waals surface area contributed by atoms with Gasteiger partial charge in [-0.1, -0.05) is 0 Å². The molecule has 0 aliphatic carbocycles. The van der Waals surface area contributed by atoms with Gasteiger partial charge in [0.2, 0.25) is 0 Å². The number of nitrogens with zero attached hydrogens (tertiary/aromatic N) is 1. The summed E-state index contributed by atoms with van der Waals surface area (Å²) in [7, 11) is 0. The van der Waals surface area contributed by atoms with Crippen molar-refractivity contribution >= 4 is 0 Å². The van der Waals surface area contributed by atoms with Gasteiger partial charge in [-0.25, -0.2) is 0 Å². The van der Waals surface area contributed by atoms with Crippen molar-refractivity contribution < 1.29 is 14.2 Å². The Morgan fingerprint density at radius 2 is 1.94 bits per heavy atom. The average Bonchev–Trinajstić information content (AvgIpc) is 2.83. The molecule has 0 amide bonds. The van der Waals surface area contributed by atoms with Crippen LogP contribution in [0, 0.1) is 5.92 Å². The molecule has 92 valence electrons. The van der Waals surface area contributed by atoms with E-state index in [0.29, 0.717) is 12.5 Å². The molecule has 2 saturated heterocycles. The van der Waals surface area contributed by atoms with Crippen molar-refractivity contribution in [1.82, 2.24) is 4.90 Å². The maximum atomic E-state index is 5.54. The van der Waals surface area contributed by atoms with Crippen molar-refractivity contribution in [2.75, 3.05) is 32.9 Å². The summed E-state index contributed by atoms with van der Waals surface area (Å²) in [6.45, 7) is 10.1. The Labute approximate surface area is 97.2 Å². The molecule has 2 heterocycles. The first-order valence-corrected chi connectivity index (χ1v) is 6.11. The summed E-state index contributed by atoms with van der Waals surface area (Å²) in [5.41, 5.74) is 0. The minimum Gasteiger partial charge on any atom is -0.480 e. The molecule has 2 fully saturated rings. The van der Waals surface area contributed by atoms with Gasteiger partial charge in [0, 0.05) is 19.0 Å². The fourth-order valence-corrected chi connectivity index (χ4v) is 2.33. The van der Waals surface area contributed by atoms with E-state index in [1.807, 2.05) is 6.92 Å². The van der Waals surface area contributed by atoms with Gasteiger partial charge < -0.3 is 19.1 Å². The lowest BCUT2D eigenvalue weighted by Gasteiger charge is -2.35. The van der Waals surface area contributed by atoms with E-state index in [1.54, 1.807) is 0 Å². The van der Waals surface area contributed by atoms with E-state index in [9.17, 15) is 0 Å². The third-order valence-corrected chi connectivity index (χ3v) is 3.24. The van der Waals surface area contributed by atoms with Gasteiger partial charge >= 0.3 is 0 Å². The van der Waals surface area contributed by atoms with Gasteiger partial charge in [0.15, 0.2) is 12.2 Å². The second-order valence-corrected chi connectivity index (χ2v) is 4.26. The number of rotatable bonds is 4. The van der Waals surface area contributed by atoms with E-state index in [-0.39, 0.29) is 6.29 Å². The Bertz CT molecular complexity index is 230. The maximum absolute atomic E-state index is 5.54. The molecule has 0 spiro atoms. The largest absolute Gasteiger partial charge is 0.480 e. The number of piperidine rings is 1. The first-order valence-electron chi connectivity index (χ1n) is 6.11. The van der Waals surface area contributed by atoms with Crippen LogP contribution in [0.5, 0.6) is 0 Å². The highest BCUT2D eigenvalue weighted by molar-refractivity contribution is 4.88. The third-order valence-electron chi connectivity index (χ3n) is 3.24. The van der Waals surface area contributed by atoms with Gasteiger partial charge in [-0.2, -0.15) is 0 Å². The Balaban J connectivity index is 1.75. The van der Waals surface area contributed by atoms with Crippen molar-refractivity contribution in [3.05, 3.63) is 12.5 Å². The summed E-state index contributed by atoms with van der Waals surface area (Å²) in [6.07, 6.45) is 2.22. The number of hydrogen-bond acceptors (Lipinski definition) is 4. The zero-order valence-corrected chi connectivity index (χ0v) is 9.98. The summed E-state index contributed by atoms with van der Waals surface area (Å²) in [4.78, 5) is 2.20. The van der Waals surface area contributed by atoms with Crippen molar-refractivity contribution in [2.24, 2.45) is 5.92 Å². The highest BCUT2D eigenvalue weighted by Gasteiger charge is 2.30. The van der Waals surface area contributed by atoms with Crippen LogP contribution in [0.2, 0.25) is 0 Å². The van der Waals surface area contributed by atoms with Crippen LogP contribution in [0.4, 0.5) is 0 Å². The summed E-state index contributed by atoms with van der Waals surface area (Å²) < 4.78 is 16.5. The minimum atomic E-state index is 0.0301. The Kier molecular flexibility index (Phi) is 4.07. The predicted octanol–water partition coefficient (Wildman–Crippen LogP) is 1.58. The molecule has 0 unspecified atom stereocenters. The number of likely N-dealkylation sites (tertiary alicyclic amines) is 1.